The number of nitrogens with two attached hydrogens (primary N) is 1. The Morgan fingerprint density at radius 3 is 2.39 bits per heavy atom. The first-order chi connectivity index (χ1) is 16.0. The minimum atomic E-state index is -0.546. The molecule has 166 valence electrons. The van der Waals surface area contributed by atoms with Crippen molar-refractivity contribution in [2.45, 2.75) is 24.8 Å². The van der Waals surface area contributed by atoms with Gasteiger partial charge in [-0.05, 0) is 61.2 Å². The summed E-state index contributed by atoms with van der Waals surface area (Å²) in [6.45, 7) is 0.443. The molecule has 0 saturated heterocycles. The van der Waals surface area contributed by atoms with E-state index >= 15 is 0 Å². The number of nitrogens with one attached hydrogen (secondary N) is 1. The van der Waals surface area contributed by atoms with E-state index in [1.807, 2.05) is 24.3 Å². The Bertz CT molecular complexity index is 1280. The van der Waals surface area contributed by atoms with Gasteiger partial charge in [0.25, 0.3) is 5.91 Å². The lowest BCUT2D eigenvalue weighted by Crippen LogP contribution is -2.39. The van der Waals surface area contributed by atoms with Crippen molar-refractivity contribution in [2.24, 2.45) is 5.73 Å². The van der Waals surface area contributed by atoms with E-state index in [-0.39, 0.29) is 11.6 Å². The fourth-order valence-corrected chi connectivity index (χ4v) is 4.41. The van der Waals surface area contributed by atoms with Crippen LogP contribution in [-0.4, -0.2) is 35.4 Å². The van der Waals surface area contributed by atoms with Crippen molar-refractivity contribution in [3.8, 4) is 17.5 Å². The Hall–Kier alpha value is -4.32. The molecule has 33 heavy (non-hydrogen) atoms. The highest BCUT2D eigenvalue weighted by Crippen LogP contribution is 2.45. The maximum Gasteiger partial charge on any atom is 0.312 e. The summed E-state index contributed by atoms with van der Waals surface area (Å²) in [5, 5.41) is 16.8. The second-order valence-electron chi connectivity index (χ2n) is 8.22. The van der Waals surface area contributed by atoms with Gasteiger partial charge in [0.1, 0.15) is 17.5 Å². The number of urea groups is 1. The minimum Gasteiger partial charge on any atom is -0.497 e. The van der Waals surface area contributed by atoms with Gasteiger partial charge < -0.3 is 20.7 Å². The Labute approximate surface area is 190 Å². The number of nitrogens with zero attached hydrogens (tertiary/aromatic N) is 4. The van der Waals surface area contributed by atoms with Crippen LogP contribution in [0, 0.1) is 11.3 Å². The number of fused-ring (bicyclic) bond motifs is 1. The summed E-state index contributed by atoms with van der Waals surface area (Å²) < 4.78 is 6.75. The van der Waals surface area contributed by atoms with Crippen LogP contribution < -0.4 is 20.7 Å². The van der Waals surface area contributed by atoms with E-state index in [1.165, 1.54) is 4.68 Å². The van der Waals surface area contributed by atoms with E-state index in [0.717, 1.165) is 24.1 Å². The molecule has 3 amide bonds. The lowest BCUT2D eigenvalue weighted by Gasteiger charge is -2.28. The number of hydrogen-bond acceptors (Lipinski definition) is 5. The topological polar surface area (TPSA) is 126 Å². The molecule has 0 bridgehead atoms. The quantitative estimate of drug-likeness (QED) is 0.628. The van der Waals surface area contributed by atoms with Gasteiger partial charge in [0.05, 0.1) is 18.3 Å². The molecule has 3 aromatic rings. The molecule has 5 rings (SSSR count). The van der Waals surface area contributed by atoms with Crippen LogP contribution >= 0.6 is 0 Å². The monoisotopic (exact) mass is 442 g/mol. The lowest BCUT2D eigenvalue weighted by molar-refractivity contribution is 0.0973. The van der Waals surface area contributed by atoms with Gasteiger partial charge in [-0.3, -0.25) is 4.79 Å². The van der Waals surface area contributed by atoms with E-state index in [2.05, 4.69) is 16.5 Å². The SMILES string of the molecule is COc1ccc(-n2nc(C#N)c3c2C(=O)N(c2ccc(C4(NC(N)=O)CC4)cc2)CC3)cc1. The molecule has 0 atom stereocenters. The number of rotatable bonds is 5. The van der Waals surface area contributed by atoms with Crippen LogP contribution in [0.25, 0.3) is 5.69 Å². The highest BCUT2D eigenvalue weighted by Gasteiger charge is 2.45. The Kier molecular flexibility index (Phi) is 4.78. The number of methoxy groups -OCH3 is 1. The second kappa shape index (κ2) is 7.67. The normalized spacial score (nSPS) is 16.0. The molecule has 3 N–H and O–H groups in total. The summed E-state index contributed by atoms with van der Waals surface area (Å²) in [6.07, 6.45) is 2.19. The predicted molar refractivity (Wildman–Crippen MR) is 120 cm³/mol. The number of carbonyl (C=O) groups is 2. The number of ether oxygens (including phenoxy) is 1. The molecule has 1 aliphatic carbocycles. The van der Waals surface area contributed by atoms with Crippen molar-refractivity contribution in [2.75, 3.05) is 18.6 Å². The van der Waals surface area contributed by atoms with Crippen molar-refractivity contribution in [3.05, 3.63) is 71.0 Å². The maximum absolute atomic E-state index is 13.6. The molecule has 9 nitrogen and oxygen atoms in total. The molecule has 1 aromatic heterocycles. The van der Waals surface area contributed by atoms with Gasteiger partial charge in [0, 0.05) is 17.8 Å². The van der Waals surface area contributed by atoms with Crippen LogP contribution in [0.1, 0.15) is 40.2 Å². The van der Waals surface area contributed by atoms with Crippen molar-refractivity contribution in [3.63, 3.8) is 0 Å². The van der Waals surface area contributed by atoms with E-state index in [9.17, 15) is 14.9 Å². The van der Waals surface area contributed by atoms with E-state index in [1.54, 1.807) is 36.3 Å². The Balaban J connectivity index is 1.48. The molecule has 1 fully saturated rings. The molecular weight excluding hydrogens is 420 g/mol. The highest BCUT2D eigenvalue weighted by atomic mass is 16.5. The summed E-state index contributed by atoms with van der Waals surface area (Å²) in [5.41, 5.74) is 8.60. The van der Waals surface area contributed by atoms with E-state index < -0.39 is 11.6 Å². The standard InChI is InChI=1S/C24H22N6O3/c1-33-18-8-6-17(7-9-18)30-21-19(20(14-25)28-30)10-13-29(22(21)31)16-4-2-15(3-5-16)24(11-12-24)27-23(26)32/h2-9H,10-13H2,1H3,(H3,26,27,32). The summed E-state index contributed by atoms with van der Waals surface area (Å²) in [4.78, 5) is 26.6. The highest BCUT2D eigenvalue weighted by molar-refractivity contribution is 6.07. The molecule has 2 aliphatic rings. The first kappa shape index (κ1) is 20.6. The van der Waals surface area contributed by atoms with Crippen molar-refractivity contribution >= 4 is 17.6 Å². The minimum absolute atomic E-state index is 0.217. The van der Waals surface area contributed by atoms with Crippen LogP contribution in [0.3, 0.4) is 0 Å². The summed E-state index contributed by atoms with van der Waals surface area (Å²) in [7, 11) is 1.58. The smallest absolute Gasteiger partial charge is 0.312 e. The number of anilines is 1. The number of carbonyl (C=O) groups excluding carboxylic acids is 2. The third kappa shape index (κ3) is 3.46. The van der Waals surface area contributed by atoms with Crippen molar-refractivity contribution in [1.29, 1.82) is 5.26 Å². The first-order valence-corrected chi connectivity index (χ1v) is 10.6. The molecular formula is C24H22N6O3. The van der Waals surface area contributed by atoms with Gasteiger partial charge in [-0.1, -0.05) is 12.1 Å². The lowest BCUT2D eigenvalue weighted by atomic mass is 10.0. The van der Waals surface area contributed by atoms with Crippen LogP contribution in [-0.2, 0) is 12.0 Å². The van der Waals surface area contributed by atoms with Gasteiger partial charge in [-0.2, -0.15) is 10.4 Å². The van der Waals surface area contributed by atoms with Gasteiger partial charge in [-0.15, -0.1) is 0 Å². The summed E-state index contributed by atoms with van der Waals surface area (Å²) in [6, 6.07) is 16.3. The van der Waals surface area contributed by atoms with E-state index in [4.69, 9.17) is 10.5 Å². The van der Waals surface area contributed by atoms with Gasteiger partial charge in [-0.25, -0.2) is 9.48 Å². The molecule has 1 saturated carbocycles. The van der Waals surface area contributed by atoms with Gasteiger partial charge in [0.2, 0.25) is 0 Å². The molecule has 0 unspecified atom stereocenters. The average Bonchev–Trinajstić information content (AvgIpc) is 3.50. The number of nitriles is 1. The Morgan fingerprint density at radius 2 is 1.82 bits per heavy atom. The van der Waals surface area contributed by atoms with Crippen LogP contribution in [0.5, 0.6) is 5.75 Å². The van der Waals surface area contributed by atoms with Crippen molar-refractivity contribution < 1.29 is 14.3 Å². The van der Waals surface area contributed by atoms with Gasteiger partial charge in [0.15, 0.2) is 5.69 Å². The fourth-order valence-electron chi connectivity index (χ4n) is 4.41. The number of benzene rings is 2. The van der Waals surface area contributed by atoms with Crippen molar-refractivity contribution in [1.82, 2.24) is 15.1 Å². The molecule has 1 aliphatic heterocycles. The fraction of sp³-hybridized carbons (Fsp3) is 0.250. The number of aromatic nitrogens is 2. The molecule has 9 heteroatoms. The van der Waals surface area contributed by atoms with Crippen LogP contribution in [0.15, 0.2) is 48.5 Å². The largest absolute Gasteiger partial charge is 0.497 e. The zero-order valence-electron chi connectivity index (χ0n) is 18.0. The van der Waals surface area contributed by atoms with Crippen LogP contribution in [0.2, 0.25) is 0 Å². The zero-order chi connectivity index (χ0) is 23.2. The Morgan fingerprint density at radius 1 is 1.15 bits per heavy atom. The number of hydrogen-bond donors (Lipinski definition) is 2. The average molecular weight is 442 g/mol. The number of amides is 3. The van der Waals surface area contributed by atoms with Crippen LogP contribution in [0.4, 0.5) is 10.5 Å². The summed E-state index contributed by atoms with van der Waals surface area (Å²) in [5.74, 6) is 0.470. The maximum atomic E-state index is 13.6. The first-order valence-electron chi connectivity index (χ1n) is 10.6. The number of primary amides is 1. The third-order valence-corrected chi connectivity index (χ3v) is 6.28. The third-order valence-electron chi connectivity index (χ3n) is 6.28. The zero-order valence-corrected chi connectivity index (χ0v) is 18.0. The molecule has 0 radical (unpaired) electrons. The molecule has 2 heterocycles. The predicted octanol–water partition coefficient (Wildman–Crippen LogP) is 2.61. The summed E-state index contributed by atoms with van der Waals surface area (Å²) >= 11 is 0. The van der Waals surface area contributed by atoms with E-state index in [0.29, 0.717) is 35.7 Å². The molecule has 0 spiro atoms. The second-order valence-corrected chi connectivity index (χ2v) is 8.22. The van der Waals surface area contributed by atoms with Gasteiger partial charge >= 0.3 is 6.03 Å². The molecule has 2 aromatic carbocycles.